The molecule has 0 radical (unpaired) electrons. The van der Waals surface area contributed by atoms with Crippen LogP contribution in [0.5, 0.6) is 0 Å². The number of aromatic nitrogens is 2. The van der Waals surface area contributed by atoms with E-state index >= 15 is 0 Å². The summed E-state index contributed by atoms with van der Waals surface area (Å²) in [5.41, 5.74) is 4.59. The molecular formula is C20H20ClN3O2. The Hall–Kier alpha value is -2.66. The van der Waals surface area contributed by atoms with Crippen LogP contribution in [0.3, 0.4) is 0 Å². The number of hydrogen-bond acceptors (Lipinski definition) is 4. The number of nitrogens with zero attached hydrogens (tertiary/aromatic N) is 3. The van der Waals surface area contributed by atoms with Gasteiger partial charge in [0.1, 0.15) is 0 Å². The number of carbonyl (C=O) groups excluding carboxylic acids is 1. The maximum atomic E-state index is 12.8. The molecule has 0 aliphatic heterocycles. The third kappa shape index (κ3) is 3.63. The third-order valence-electron chi connectivity index (χ3n) is 4.37. The Kier molecular flexibility index (Phi) is 5.09. The molecule has 0 atom stereocenters. The number of carbonyl (C=O) groups is 1. The second-order valence-electron chi connectivity index (χ2n) is 6.40. The summed E-state index contributed by atoms with van der Waals surface area (Å²) < 4.78 is 5.29. The summed E-state index contributed by atoms with van der Waals surface area (Å²) in [6, 6.07) is 11.2. The van der Waals surface area contributed by atoms with Gasteiger partial charge in [0, 0.05) is 18.2 Å². The number of amides is 1. The fraction of sp³-hybridized carbons (Fsp3) is 0.250. The molecule has 3 aromatic rings. The molecular weight excluding hydrogens is 350 g/mol. The van der Waals surface area contributed by atoms with Crippen LogP contribution in [0.1, 0.15) is 32.9 Å². The summed E-state index contributed by atoms with van der Waals surface area (Å²) in [5.74, 6) is 0.689. The van der Waals surface area contributed by atoms with Crippen molar-refractivity contribution in [3.63, 3.8) is 0 Å². The quantitative estimate of drug-likeness (QED) is 0.675. The Morgan fingerprint density at radius 1 is 1.12 bits per heavy atom. The third-order valence-corrected chi connectivity index (χ3v) is 4.70. The maximum absolute atomic E-state index is 12.8. The Balaban J connectivity index is 1.78. The van der Waals surface area contributed by atoms with E-state index in [0.29, 0.717) is 27.9 Å². The molecule has 3 rings (SSSR count). The lowest BCUT2D eigenvalue weighted by molar-refractivity contribution is 0.0768. The van der Waals surface area contributed by atoms with Crippen molar-refractivity contribution in [2.45, 2.75) is 27.3 Å². The Morgan fingerprint density at radius 3 is 2.54 bits per heavy atom. The molecule has 0 N–H and O–H groups in total. The molecule has 0 saturated carbocycles. The minimum atomic E-state index is -0.0805. The topological polar surface area (TPSA) is 59.2 Å². The molecule has 0 aliphatic carbocycles. The van der Waals surface area contributed by atoms with E-state index in [2.05, 4.69) is 10.1 Å². The second-order valence-corrected chi connectivity index (χ2v) is 6.81. The van der Waals surface area contributed by atoms with Crippen molar-refractivity contribution in [3.8, 4) is 11.4 Å². The normalized spacial score (nSPS) is 10.8. The van der Waals surface area contributed by atoms with E-state index in [-0.39, 0.29) is 12.5 Å². The number of halogens is 1. The van der Waals surface area contributed by atoms with E-state index in [9.17, 15) is 4.79 Å². The zero-order valence-electron chi connectivity index (χ0n) is 15.2. The highest BCUT2D eigenvalue weighted by Gasteiger charge is 2.19. The lowest BCUT2D eigenvalue weighted by atomic mass is 10.00. The summed E-state index contributed by atoms with van der Waals surface area (Å²) in [7, 11) is 1.72. The van der Waals surface area contributed by atoms with Crippen molar-refractivity contribution >= 4 is 17.5 Å². The molecule has 1 amide bonds. The van der Waals surface area contributed by atoms with E-state index in [1.54, 1.807) is 18.0 Å². The minimum absolute atomic E-state index is 0.0805. The van der Waals surface area contributed by atoms with E-state index in [0.717, 1.165) is 11.1 Å². The number of hydrogen-bond donors (Lipinski definition) is 0. The molecule has 0 fully saturated rings. The van der Waals surface area contributed by atoms with Gasteiger partial charge in [0.05, 0.1) is 11.6 Å². The van der Waals surface area contributed by atoms with Crippen LogP contribution < -0.4 is 0 Å². The van der Waals surface area contributed by atoms with E-state index < -0.39 is 0 Å². The van der Waals surface area contributed by atoms with Crippen molar-refractivity contribution < 1.29 is 9.32 Å². The summed E-state index contributed by atoms with van der Waals surface area (Å²) >= 11 is 6.16. The van der Waals surface area contributed by atoms with Gasteiger partial charge in [-0.15, -0.1) is 0 Å². The fourth-order valence-corrected chi connectivity index (χ4v) is 2.96. The molecule has 5 nitrogen and oxygen atoms in total. The largest absolute Gasteiger partial charge is 0.337 e. The van der Waals surface area contributed by atoms with Crippen LogP contribution in [0.15, 0.2) is 40.9 Å². The monoisotopic (exact) mass is 369 g/mol. The summed E-state index contributed by atoms with van der Waals surface area (Å²) in [4.78, 5) is 18.7. The van der Waals surface area contributed by atoms with Gasteiger partial charge in [0.2, 0.25) is 11.7 Å². The van der Waals surface area contributed by atoms with Crippen LogP contribution in [0.25, 0.3) is 11.4 Å². The zero-order chi connectivity index (χ0) is 18.8. The molecule has 26 heavy (non-hydrogen) atoms. The van der Waals surface area contributed by atoms with Crippen molar-refractivity contribution in [2.24, 2.45) is 0 Å². The van der Waals surface area contributed by atoms with E-state index in [1.807, 2.05) is 51.1 Å². The highest BCUT2D eigenvalue weighted by atomic mass is 35.5. The number of aryl methyl sites for hydroxylation is 3. The average Bonchev–Trinajstić information content (AvgIpc) is 3.06. The summed E-state index contributed by atoms with van der Waals surface area (Å²) in [6.07, 6.45) is 0. The van der Waals surface area contributed by atoms with Crippen LogP contribution in [0, 0.1) is 20.8 Å². The lowest BCUT2D eigenvalue weighted by Gasteiger charge is -2.17. The standard InChI is InChI=1S/C20H20ClN3O2/c1-12-9-14(3)16(10-13(12)2)20(25)24(4)11-18-22-19(23-26-18)15-7-5-6-8-17(15)21/h5-10H,11H2,1-4H3. The van der Waals surface area contributed by atoms with Crippen molar-refractivity contribution in [3.05, 3.63) is 69.6 Å². The first-order valence-corrected chi connectivity index (χ1v) is 8.65. The van der Waals surface area contributed by atoms with Gasteiger partial charge in [0.25, 0.3) is 5.91 Å². The van der Waals surface area contributed by atoms with Crippen LogP contribution in [-0.4, -0.2) is 28.0 Å². The van der Waals surface area contributed by atoms with Gasteiger partial charge < -0.3 is 9.42 Å². The highest BCUT2D eigenvalue weighted by Crippen LogP contribution is 2.25. The molecule has 6 heteroatoms. The molecule has 134 valence electrons. The zero-order valence-corrected chi connectivity index (χ0v) is 16.0. The van der Waals surface area contributed by atoms with Crippen molar-refractivity contribution in [1.82, 2.24) is 15.0 Å². The predicted molar refractivity (Wildman–Crippen MR) is 101 cm³/mol. The molecule has 0 saturated heterocycles. The van der Waals surface area contributed by atoms with Crippen LogP contribution in [0.4, 0.5) is 0 Å². The maximum Gasteiger partial charge on any atom is 0.254 e. The summed E-state index contributed by atoms with van der Waals surface area (Å²) in [5, 5.41) is 4.52. The lowest BCUT2D eigenvalue weighted by Crippen LogP contribution is -2.27. The van der Waals surface area contributed by atoms with Gasteiger partial charge in [-0.3, -0.25) is 4.79 Å². The molecule has 0 spiro atoms. The SMILES string of the molecule is Cc1cc(C)c(C(=O)N(C)Cc2nc(-c3ccccc3Cl)no2)cc1C. The van der Waals surface area contributed by atoms with Crippen LogP contribution in [-0.2, 0) is 6.54 Å². The molecule has 0 aliphatic rings. The van der Waals surface area contributed by atoms with Crippen molar-refractivity contribution in [2.75, 3.05) is 7.05 Å². The second kappa shape index (κ2) is 7.30. The first-order chi connectivity index (χ1) is 12.4. The molecule has 1 aromatic heterocycles. The Bertz CT molecular complexity index is 965. The number of benzene rings is 2. The first-order valence-electron chi connectivity index (χ1n) is 8.27. The van der Waals surface area contributed by atoms with Crippen LogP contribution >= 0.6 is 11.6 Å². The molecule has 0 unspecified atom stereocenters. The van der Waals surface area contributed by atoms with Crippen molar-refractivity contribution in [1.29, 1.82) is 0 Å². The highest BCUT2D eigenvalue weighted by molar-refractivity contribution is 6.33. The molecule has 2 aromatic carbocycles. The molecule has 0 bridgehead atoms. The van der Waals surface area contributed by atoms with Gasteiger partial charge in [-0.05, 0) is 55.7 Å². The van der Waals surface area contributed by atoms with Gasteiger partial charge in [0.15, 0.2) is 0 Å². The van der Waals surface area contributed by atoms with E-state index in [1.165, 1.54) is 5.56 Å². The summed E-state index contributed by atoms with van der Waals surface area (Å²) in [6.45, 7) is 6.20. The minimum Gasteiger partial charge on any atom is -0.337 e. The predicted octanol–water partition coefficient (Wildman–Crippen LogP) is 4.59. The Morgan fingerprint density at radius 2 is 1.81 bits per heavy atom. The van der Waals surface area contributed by atoms with Gasteiger partial charge in [-0.1, -0.05) is 35.0 Å². The Labute approximate surface area is 157 Å². The fourth-order valence-electron chi connectivity index (χ4n) is 2.74. The van der Waals surface area contributed by atoms with Gasteiger partial charge in [-0.25, -0.2) is 0 Å². The molecule has 1 heterocycles. The van der Waals surface area contributed by atoms with Crippen LogP contribution in [0.2, 0.25) is 5.02 Å². The smallest absolute Gasteiger partial charge is 0.254 e. The average molecular weight is 370 g/mol. The van der Waals surface area contributed by atoms with Gasteiger partial charge in [-0.2, -0.15) is 4.98 Å². The van der Waals surface area contributed by atoms with Gasteiger partial charge >= 0.3 is 0 Å². The number of rotatable bonds is 4. The first kappa shape index (κ1) is 18.1. The van der Waals surface area contributed by atoms with E-state index in [4.69, 9.17) is 16.1 Å².